The number of halogens is 1. The Kier molecular flexibility index (Phi) is 3.52. The number of alkyl halides is 1. The molecule has 0 aromatic heterocycles. The van der Waals surface area contributed by atoms with Gasteiger partial charge in [0.15, 0.2) is 0 Å². The summed E-state index contributed by atoms with van der Waals surface area (Å²) in [6.07, 6.45) is 2.05. The summed E-state index contributed by atoms with van der Waals surface area (Å²) >= 11 is 5.22. The summed E-state index contributed by atoms with van der Waals surface area (Å²) in [5.41, 5.74) is 2.43. The van der Waals surface area contributed by atoms with E-state index in [0.717, 1.165) is 12.0 Å². The first kappa shape index (κ1) is 10.5. The van der Waals surface area contributed by atoms with Crippen molar-refractivity contribution in [3.63, 3.8) is 0 Å². The molecule has 0 bridgehead atoms. The quantitative estimate of drug-likeness (QED) is 0.835. The first-order valence-electron chi connectivity index (χ1n) is 4.81. The molecule has 0 radical (unpaired) electrons. The van der Waals surface area contributed by atoms with Crippen LogP contribution in [0.2, 0.25) is 0 Å². The van der Waals surface area contributed by atoms with Gasteiger partial charge in [-0.3, -0.25) is 0 Å². The molecular weight excluding hydrogens is 260 g/mol. The minimum atomic E-state index is -0.368. The molecule has 1 aromatic carbocycles. The van der Waals surface area contributed by atoms with Crippen molar-refractivity contribution in [2.45, 2.75) is 23.8 Å². The Morgan fingerprint density at radius 2 is 2.36 bits per heavy atom. The smallest absolute Gasteiger partial charge is 0.0886 e. The van der Waals surface area contributed by atoms with Gasteiger partial charge in [0.25, 0.3) is 0 Å². The molecule has 1 unspecified atom stereocenters. The molecule has 1 aromatic rings. The Labute approximate surface area is 97.0 Å². The molecule has 1 nitrogen and oxygen atoms in total. The zero-order valence-electron chi connectivity index (χ0n) is 7.87. The molecule has 2 rings (SSSR count). The van der Waals surface area contributed by atoms with Crippen LogP contribution in [-0.2, 0) is 6.42 Å². The summed E-state index contributed by atoms with van der Waals surface area (Å²) in [6, 6.07) is 6.32. The largest absolute Gasteiger partial charge is 0.388 e. The number of fused-ring (bicyclic) bond motifs is 1. The zero-order valence-corrected chi connectivity index (χ0v) is 10.3. The third kappa shape index (κ3) is 2.15. The van der Waals surface area contributed by atoms with Gasteiger partial charge in [0, 0.05) is 10.2 Å². The molecule has 0 spiro atoms. The molecule has 1 aliphatic heterocycles. The van der Waals surface area contributed by atoms with Crippen LogP contribution in [0.3, 0.4) is 0 Å². The minimum Gasteiger partial charge on any atom is -0.388 e. The number of rotatable bonds is 2. The van der Waals surface area contributed by atoms with Crippen molar-refractivity contribution >= 4 is 27.7 Å². The third-order valence-electron chi connectivity index (χ3n) is 2.46. The van der Waals surface area contributed by atoms with Gasteiger partial charge in [-0.2, -0.15) is 0 Å². The molecule has 1 N–H and O–H groups in total. The van der Waals surface area contributed by atoms with Crippen molar-refractivity contribution in [1.82, 2.24) is 0 Å². The van der Waals surface area contributed by atoms with Crippen molar-refractivity contribution in [1.29, 1.82) is 0 Å². The average Bonchev–Trinajstić information content (AvgIpc) is 2.27. The highest BCUT2D eigenvalue weighted by molar-refractivity contribution is 9.09. The van der Waals surface area contributed by atoms with Gasteiger partial charge in [0.1, 0.15) is 0 Å². The maximum atomic E-state index is 9.68. The molecule has 0 fully saturated rings. The number of aliphatic hydroxyl groups excluding tert-OH is 1. The molecule has 14 heavy (non-hydrogen) atoms. The van der Waals surface area contributed by atoms with Gasteiger partial charge in [-0.15, -0.1) is 11.8 Å². The van der Waals surface area contributed by atoms with E-state index < -0.39 is 0 Å². The molecular formula is C11H13BrOS. The van der Waals surface area contributed by atoms with E-state index in [-0.39, 0.29) is 6.10 Å². The second-order valence-corrected chi connectivity index (χ2v) is 5.27. The molecule has 76 valence electrons. The maximum Gasteiger partial charge on any atom is 0.0886 e. The summed E-state index contributed by atoms with van der Waals surface area (Å²) in [5, 5.41) is 10.3. The second kappa shape index (κ2) is 4.69. The normalized spacial score (nSPS) is 17.6. The minimum absolute atomic E-state index is 0.368. The third-order valence-corrected chi connectivity index (χ3v) is 4.28. The zero-order chi connectivity index (χ0) is 9.97. The Hall–Kier alpha value is 0.01000. The van der Waals surface area contributed by atoms with Crippen LogP contribution in [0.5, 0.6) is 0 Å². The number of benzene rings is 1. The summed E-state index contributed by atoms with van der Waals surface area (Å²) in [6.45, 7) is 0. The Morgan fingerprint density at radius 3 is 3.14 bits per heavy atom. The van der Waals surface area contributed by atoms with Crippen LogP contribution in [0.1, 0.15) is 23.7 Å². The average molecular weight is 273 g/mol. The number of thioether (sulfide) groups is 1. The van der Waals surface area contributed by atoms with Crippen LogP contribution in [-0.4, -0.2) is 16.2 Å². The van der Waals surface area contributed by atoms with Gasteiger partial charge in [-0.05, 0) is 35.8 Å². The fourth-order valence-electron chi connectivity index (χ4n) is 1.68. The van der Waals surface area contributed by atoms with E-state index in [0.29, 0.717) is 5.33 Å². The summed E-state index contributed by atoms with van der Waals surface area (Å²) in [4.78, 5) is 1.39. The molecule has 3 heteroatoms. The van der Waals surface area contributed by atoms with Gasteiger partial charge in [0.05, 0.1) is 6.10 Å². The van der Waals surface area contributed by atoms with E-state index in [1.54, 1.807) is 0 Å². The summed E-state index contributed by atoms with van der Waals surface area (Å²) in [5.74, 6) is 1.23. The predicted molar refractivity (Wildman–Crippen MR) is 64.2 cm³/mol. The lowest BCUT2D eigenvalue weighted by molar-refractivity contribution is 0.205. The lowest BCUT2D eigenvalue weighted by atomic mass is 10.0. The molecule has 0 saturated carbocycles. The van der Waals surface area contributed by atoms with Gasteiger partial charge in [0.2, 0.25) is 0 Å². The van der Waals surface area contributed by atoms with Crippen LogP contribution >= 0.6 is 27.7 Å². The van der Waals surface area contributed by atoms with Crippen molar-refractivity contribution in [2.24, 2.45) is 0 Å². The van der Waals surface area contributed by atoms with E-state index in [4.69, 9.17) is 0 Å². The Morgan fingerprint density at radius 1 is 1.50 bits per heavy atom. The highest BCUT2D eigenvalue weighted by atomic mass is 79.9. The molecule has 0 saturated heterocycles. The van der Waals surface area contributed by atoms with E-state index in [9.17, 15) is 5.11 Å². The molecule has 1 aliphatic rings. The number of hydrogen-bond acceptors (Lipinski definition) is 2. The van der Waals surface area contributed by atoms with Crippen LogP contribution in [0, 0.1) is 0 Å². The molecule has 0 amide bonds. The Balaban J connectivity index is 2.29. The van der Waals surface area contributed by atoms with Gasteiger partial charge < -0.3 is 5.11 Å². The topological polar surface area (TPSA) is 20.2 Å². The van der Waals surface area contributed by atoms with Gasteiger partial charge >= 0.3 is 0 Å². The van der Waals surface area contributed by atoms with Crippen molar-refractivity contribution < 1.29 is 5.11 Å². The first-order chi connectivity index (χ1) is 6.81. The van der Waals surface area contributed by atoms with Crippen LogP contribution < -0.4 is 0 Å². The fourth-order valence-corrected chi connectivity index (χ4v) is 3.07. The van der Waals surface area contributed by atoms with E-state index in [1.807, 2.05) is 17.8 Å². The number of aliphatic hydroxyl groups is 1. The monoisotopic (exact) mass is 272 g/mol. The van der Waals surface area contributed by atoms with E-state index >= 15 is 0 Å². The number of hydrogen-bond donors (Lipinski definition) is 1. The summed E-state index contributed by atoms with van der Waals surface area (Å²) in [7, 11) is 0. The van der Waals surface area contributed by atoms with Crippen LogP contribution in [0.15, 0.2) is 23.1 Å². The predicted octanol–water partition coefficient (Wildman–Crippen LogP) is 3.15. The van der Waals surface area contributed by atoms with Crippen molar-refractivity contribution in [3.05, 3.63) is 29.3 Å². The van der Waals surface area contributed by atoms with Crippen LogP contribution in [0.4, 0.5) is 0 Å². The molecule has 0 aliphatic carbocycles. The lowest BCUT2D eigenvalue weighted by Gasteiger charge is -2.17. The first-order valence-corrected chi connectivity index (χ1v) is 6.91. The number of aryl methyl sites for hydroxylation is 1. The van der Waals surface area contributed by atoms with Crippen LogP contribution in [0.25, 0.3) is 0 Å². The highest BCUT2D eigenvalue weighted by Crippen LogP contribution is 2.31. The summed E-state index contributed by atoms with van der Waals surface area (Å²) < 4.78 is 0. The van der Waals surface area contributed by atoms with Gasteiger partial charge in [-0.1, -0.05) is 28.1 Å². The highest BCUT2D eigenvalue weighted by Gasteiger charge is 2.12. The van der Waals surface area contributed by atoms with Gasteiger partial charge in [-0.25, -0.2) is 0 Å². The second-order valence-electron chi connectivity index (χ2n) is 3.49. The fraction of sp³-hybridized carbons (Fsp3) is 0.455. The van der Waals surface area contributed by atoms with Crippen molar-refractivity contribution in [2.75, 3.05) is 11.1 Å². The Bertz CT molecular complexity index is 327. The van der Waals surface area contributed by atoms with Crippen molar-refractivity contribution in [3.8, 4) is 0 Å². The van der Waals surface area contributed by atoms with E-state index in [1.165, 1.54) is 22.6 Å². The maximum absolute atomic E-state index is 9.68. The van der Waals surface area contributed by atoms with E-state index in [2.05, 4.69) is 28.1 Å². The molecule has 1 atom stereocenters. The lowest BCUT2D eigenvalue weighted by Crippen LogP contribution is -2.03. The standard InChI is InChI=1S/C11H13BrOS/c12-7-10(13)8-3-4-11-9(6-8)2-1-5-14-11/h3-4,6,10,13H,1-2,5,7H2. The SMILES string of the molecule is OC(CBr)c1ccc2c(c1)CCCS2. The molecule has 1 heterocycles.